The van der Waals surface area contributed by atoms with Gasteiger partial charge in [0.25, 0.3) is 0 Å². The number of alkyl halides is 1. The molecule has 5 nitrogen and oxygen atoms in total. The van der Waals surface area contributed by atoms with E-state index in [0.29, 0.717) is 16.8 Å². The Morgan fingerprint density at radius 1 is 1.00 bits per heavy atom. The van der Waals surface area contributed by atoms with E-state index in [2.05, 4.69) is 20.6 Å². The topological polar surface area (TPSA) is 59.1 Å². The van der Waals surface area contributed by atoms with Gasteiger partial charge in [-0.1, -0.05) is 11.6 Å². The van der Waals surface area contributed by atoms with Gasteiger partial charge in [-0.2, -0.15) is 0 Å². The van der Waals surface area contributed by atoms with Crippen molar-refractivity contribution in [3.05, 3.63) is 35.4 Å². The number of nitrogens with zero attached hydrogens (tertiary/aromatic N) is 2. The van der Waals surface area contributed by atoms with Crippen molar-refractivity contribution in [2.45, 2.75) is 6.42 Å². The van der Waals surface area contributed by atoms with Crippen molar-refractivity contribution >= 4 is 75.6 Å². The maximum Gasteiger partial charge on any atom is 0.213 e. The number of aromatic nitrogens is 2. The third-order valence-electron chi connectivity index (χ3n) is 3.87. The van der Waals surface area contributed by atoms with E-state index in [-0.39, 0.29) is 24.8 Å². The molecule has 0 atom stereocenters. The summed E-state index contributed by atoms with van der Waals surface area (Å²) in [6, 6.07) is 9.43. The van der Waals surface area contributed by atoms with Crippen LogP contribution in [0.25, 0.3) is 21.9 Å². The number of ether oxygens (including phenoxy) is 1. The highest BCUT2D eigenvalue weighted by atomic mass is 35.5. The molecule has 3 aromatic rings. The monoisotopic (exact) mass is 450 g/mol. The lowest BCUT2D eigenvalue weighted by molar-refractivity contribution is 0.399. The Labute approximate surface area is 181 Å². The van der Waals surface area contributed by atoms with Gasteiger partial charge in [0.05, 0.1) is 23.8 Å². The van der Waals surface area contributed by atoms with Crippen molar-refractivity contribution in [2.24, 2.45) is 0 Å². The molecule has 0 fully saturated rings. The number of hydrogen-bond acceptors (Lipinski definition) is 5. The molecule has 0 aliphatic rings. The summed E-state index contributed by atoms with van der Waals surface area (Å²) in [5.41, 5.74) is 3.39. The molecule has 2 heterocycles. The van der Waals surface area contributed by atoms with E-state index >= 15 is 0 Å². The molecule has 27 heavy (non-hydrogen) atoms. The molecule has 0 bridgehead atoms. The maximum absolute atomic E-state index is 6.13. The number of rotatable bonds is 8. The van der Waals surface area contributed by atoms with Crippen LogP contribution in [0.2, 0.25) is 5.02 Å². The summed E-state index contributed by atoms with van der Waals surface area (Å²) in [5, 5.41) is 8.44. The molecule has 2 aromatic heterocycles. The molecule has 0 saturated heterocycles. The summed E-state index contributed by atoms with van der Waals surface area (Å²) in [4.78, 5) is 9.26. The molecule has 0 radical (unpaired) electrons. The van der Waals surface area contributed by atoms with Gasteiger partial charge >= 0.3 is 0 Å². The average molecular weight is 452 g/mol. The van der Waals surface area contributed by atoms with E-state index in [1.807, 2.05) is 30.3 Å². The normalized spacial score (nSPS) is 10.3. The van der Waals surface area contributed by atoms with Crippen LogP contribution in [-0.4, -0.2) is 42.6 Å². The number of hydrogen-bond donors (Lipinski definition) is 2. The number of halogens is 4. The highest BCUT2D eigenvalue weighted by molar-refractivity contribution is 6.31. The standard InChI is InChI=1S/C18H20Cl2N4O.2ClH/c1-25-16-6-5-14-18(24-16)17(22-9-2-8-21-10-7-19)13-4-3-12(20)11-15(13)23-14;;/h3-6,11,21H,2,7-10H2,1H3,(H,22,23);2*1H. The fourth-order valence-electron chi connectivity index (χ4n) is 2.69. The maximum atomic E-state index is 6.13. The quantitative estimate of drug-likeness (QED) is 0.289. The van der Waals surface area contributed by atoms with Gasteiger partial charge in [-0.05, 0) is 37.2 Å². The highest BCUT2D eigenvalue weighted by Crippen LogP contribution is 2.32. The third kappa shape index (κ3) is 5.87. The van der Waals surface area contributed by atoms with E-state index < -0.39 is 0 Å². The van der Waals surface area contributed by atoms with Crippen LogP contribution in [-0.2, 0) is 0 Å². The third-order valence-corrected chi connectivity index (χ3v) is 4.29. The lowest BCUT2D eigenvalue weighted by Crippen LogP contribution is -2.20. The first kappa shape index (κ1) is 23.8. The minimum absolute atomic E-state index is 0. The van der Waals surface area contributed by atoms with Crippen molar-refractivity contribution in [2.75, 3.05) is 37.9 Å². The summed E-state index contributed by atoms with van der Waals surface area (Å²) >= 11 is 11.8. The molecule has 0 saturated carbocycles. The Morgan fingerprint density at radius 3 is 2.56 bits per heavy atom. The van der Waals surface area contributed by atoms with Crippen LogP contribution < -0.4 is 15.4 Å². The zero-order valence-corrected chi connectivity index (χ0v) is 17.9. The number of pyridine rings is 2. The second-order valence-corrected chi connectivity index (χ2v) is 6.40. The zero-order valence-electron chi connectivity index (χ0n) is 14.8. The zero-order chi connectivity index (χ0) is 17.6. The van der Waals surface area contributed by atoms with E-state index in [4.69, 9.17) is 27.9 Å². The molecule has 0 amide bonds. The fraction of sp³-hybridized carbons (Fsp3) is 0.333. The summed E-state index contributed by atoms with van der Waals surface area (Å²) in [7, 11) is 1.61. The molecule has 1 aromatic carbocycles. The van der Waals surface area contributed by atoms with Gasteiger partial charge in [0.1, 0.15) is 5.52 Å². The van der Waals surface area contributed by atoms with Gasteiger partial charge in [0.15, 0.2) is 0 Å². The summed E-state index contributed by atoms with van der Waals surface area (Å²) in [5.74, 6) is 1.19. The van der Waals surface area contributed by atoms with Gasteiger partial charge in [0.2, 0.25) is 5.88 Å². The molecule has 3 rings (SSSR count). The molecular weight excluding hydrogens is 430 g/mol. The first-order valence-corrected chi connectivity index (χ1v) is 9.08. The lowest BCUT2D eigenvalue weighted by Gasteiger charge is -2.13. The summed E-state index contributed by atoms with van der Waals surface area (Å²) in [6.07, 6.45) is 0.972. The molecular formula is C18H22Cl4N4O. The van der Waals surface area contributed by atoms with Gasteiger partial charge in [-0.25, -0.2) is 9.97 Å². The van der Waals surface area contributed by atoms with Crippen LogP contribution in [0, 0.1) is 0 Å². The van der Waals surface area contributed by atoms with E-state index in [0.717, 1.165) is 53.7 Å². The van der Waals surface area contributed by atoms with Crippen LogP contribution in [0.15, 0.2) is 30.3 Å². The van der Waals surface area contributed by atoms with Crippen molar-refractivity contribution in [3.8, 4) is 5.88 Å². The highest BCUT2D eigenvalue weighted by Gasteiger charge is 2.11. The van der Waals surface area contributed by atoms with Crippen LogP contribution in [0.3, 0.4) is 0 Å². The minimum Gasteiger partial charge on any atom is -0.481 e. The van der Waals surface area contributed by atoms with Crippen LogP contribution >= 0.6 is 48.0 Å². The Bertz CT molecular complexity index is 879. The average Bonchev–Trinajstić information content (AvgIpc) is 2.63. The van der Waals surface area contributed by atoms with Crippen molar-refractivity contribution < 1.29 is 4.74 Å². The second-order valence-electron chi connectivity index (χ2n) is 5.59. The van der Waals surface area contributed by atoms with Gasteiger partial charge < -0.3 is 15.4 Å². The Morgan fingerprint density at radius 2 is 1.81 bits per heavy atom. The lowest BCUT2D eigenvalue weighted by atomic mass is 10.1. The number of benzene rings is 1. The molecule has 9 heteroatoms. The minimum atomic E-state index is 0. The number of nitrogens with one attached hydrogen (secondary N) is 2. The van der Waals surface area contributed by atoms with Gasteiger partial charge in [-0.15, -0.1) is 36.4 Å². The predicted octanol–water partition coefficient (Wildman–Crippen LogP) is 4.92. The molecule has 2 N–H and O–H groups in total. The SMILES string of the molecule is COc1ccc2nc3cc(Cl)ccc3c(NCCCNCCCl)c2n1.Cl.Cl. The van der Waals surface area contributed by atoms with E-state index in [1.54, 1.807) is 7.11 Å². The van der Waals surface area contributed by atoms with Crippen molar-refractivity contribution in [1.82, 2.24) is 15.3 Å². The summed E-state index contributed by atoms with van der Waals surface area (Å²) in [6.45, 7) is 2.54. The first-order chi connectivity index (χ1) is 12.2. The van der Waals surface area contributed by atoms with E-state index in [1.165, 1.54) is 0 Å². The largest absolute Gasteiger partial charge is 0.481 e. The number of methoxy groups -OCH3 is 1. The van der Waals surface area contributed by atoms with Gasteiger partial charge in [0, 0.05) is 35.4 Å². The molecule has 0 spiro atoms. The Balaban J connectivity index is 0.00000182. The Kier molecular flexibility index (Phi) is 10.2. The smallest absolute Gasteiger partial charge is 0.213 e. The molecule has 148 valence electrons. The van der Waals surface area contributed by atoms with Crippen LogP contribution in [0.4, 0.5) is 5.69 Å². The fourth-order valence-corrected chi connectivity index (χ4v) is 2.99. The summed E-state index contributed by atoms with van der Waals surface area (Å²) < 4.78 is 5.27. The van der Waals surface area contributed by atoms with E-state index in [9.17, 15) is 0 Å². The van der Waals surface area contributed by atoms with Crippen LogP contribution in [0.5, 0.6) is 5.88 Å². The van der Waals surface area contributed by atoms with Crippen molar-refractivity contribution in [3.63, 3.8) is 0 Å². The Hall–Kier alpha value is -1.24. The second kappa shape index (κ2) is 11.6. The molecule has 0 aliphatic carbocycles. The number of anilines is 1. The van der Waals surface area contributed by atoms with Gasteiger partial charge in [-0.3, -0.25) is 0 Å². The van der Waals surface area contributed by atoms with Crippen LogP contribution in [0.1, 0.15) is 6.42 Å². The first-order valence-electron chi connectivity index (χ1n) is 8.17. The predicted molar refractivity (Wildman–Crippen MR) is 120 cm³/mol. The number of fused-ring (bicyclic) bond motifs is 2. The van der Waals surface area contributed by atoms with Crippen molar-refractivity contribution in [1.29, 1.82) is 0 Å². The molecule has 0 unspecified atom stereocenters. The molecule has 0 aliphatic heterocycles.